The van der Waals surface area contributed by atoms with E-state index in [4.69, 9.17) is 0 Å². The molecule has 0 unspecified atom stereocenters. The minimum Gasteiger partial charge on any atom is -0.506 e. The summed E-state index contributed by atoms with van der Waals surface area (Å²) in [6, 6.07) is 4.11. The fourth-order valence-corrected chi connectivity index (χ4v) is 1.44. The Balaban J connectivity index is 2.95. The van der Waals surface area contributed by atoms with E-state index in [9.17, 15) is 23.1 Å². The number of phenols is 1. The van der Waals surface area contributed by atoms with E-state index in [2.05, 4.69) is 0 Å². The van der Waals surface area contributed by atoms with Crippen molar-refractivity contribution in [3.8, 4) is 5.75 Å². The third kappa shape index (κ3) is 2.98. The van der Waals surface area contributed by atoms with Crippen molar-refractivity contribution in [2.75, 3.05) is 5.32 Å². The van der Waals surface area contributed by atoms with Gasteiger partial charge in [0.05, 0.1) is 5.69 Å². The van der Waals surface area contributed by atoms with Crippen LogP contribution in [0.2, 0.25) is 0 Å². The molecule has 1 rings (SSSR count). The van der Waals surface area contributed by atoms with Crippen LogP contribution in [0.25, 0.3) is 0 Å². The van der Waals surface area contributed by atoms with E-state index in [0.717, 1.165) is 0 Å². The van der Waals surface area contributed by atoms with Crippen molar-refractivity contribution < 1.29 is 23.1 Å². The highest BCUT2D eigenvalue weighted by molar-refractivity contribution is 14.1. The van der Waals surface area contributed by atoms with Gasteiger partial charge in [0.1, 0.15) is 5.75 Å². The smallest absolute Gasteiger partial charge is 0.471 e. The molecular weight excluding hydrogens is 326 g/mol. The maximum Gasteiger partial charge on any atom is 0.471 e. The molecule has 1 aromatic carbocycles. The largest absolute Gasteiger partial charge is 0.506 e. The van der Waals surface area contributed by atoms with Crippen molar-refractivity contribution in [2.45, 2.75) is 6.18 Å². The molecule has 0 saturated carbocycles. The van der Waals surface area contributed by atoms with Gasteiger partial charge in [-0.15, -0.1) is 0 Å². The Bertz CT molecular complexity index is 372. The number of phenolic OH excluding ortho intramolecular Hbond substituents is 1. The molecule has 1 aromatic rings. The normalized spacial score (nSPS) is 11.2. The Morgan fingerprint density at radius 2 is 2.00 bits per heavy atom. The lowest BCUT2D eigenvalue weighted by atomic mass is 10.3. The van der Waals surface area contributed by atoms with E-state index in [1.54, 1.807) is 27.9 Å². The molecule has 0 radical (unpaired) electrons. The van der Waals surface area contributed by atoms with Gasteiger partial charge in [-0.1, -0.05) is 6.07 Å². The predicted molar refractivity (Wildman–Crippen MR) is 55.5 cm³/mol. The van der Waals surface area contributed by atoms with Gasteiger partial charge in [-0.25, -0.2) is 0 Å². The number of aromatic hydroxyl groups is 1. The minimum absolute atomic E-state index is 0.236. The molecule has 0 spiro atoms. The van der Waals surface area contributed by atoms with Gasteiger partial charge in [0, 0.05) is 3.57 Å². The highest BCUT2D eigenvalue weighted by Gasteiger charge is 2.39. The summed E-state index contributed by atoms with van der Waals surface area (Å²) in [7, 11) is 0. The van der Waals surface area contributed by atoms with E-state index in [1.807, 2.05) is 0 Å². The lowest BCUT2D eigenvalue weighted by Gasteiger charge is -2.10. The number of nitrogens with one attached hydrogen (secondary N) is 1. The number of rotatable bonds is 1. The number of benzene rings is 1. The molecule has 0 atom stereocenters. The molecule has 7 heteroatoms. The first-order valence-corrected chi connectivity index (χ1v) is 4.76. The quantitative estimate of drug-likeness (QED) is 0.614. The van der Waals surface area contributed by atoms with Crippen LogP contribution in [0, 0.1) is 3.57 Å². The molecule has 0 fully saturated rings. The van der Waals surface area contributed by atoms with Gasteiger partial charge in [0.25, 0.3) is 0 Å². The van der Waals surface area contributed by atoms with Gasteiger partial charge in [0.15, 0.2) is 0 Å². The van der Waals surface area contributed by atoms with Gasteiger partial charge in [-0.2, -0.15) is 13.2 Å². The van der Waals surface area contributed by atoms with Crippen LogP contribution in [0.5, 0.6) is 5.75 Å². The Morgan fingerprint density at radius 3 is 2.47 bits per heavy atom. The summed E-state index contributed by atoms with van der Waals surface area (Å²) >= 11 is 1.71. The summed E-state index contributed by atoms with van der Waals surface area (Å²) in [4.78, 5) is 10.6. The van der Waals surface area contributed by atoms with Gasteiger partial charge in [0.2, 0.25) is 0 Å². The van der Waals surface area contributed by atoms with Crippen molar-refractivity contribution in [2.24, 2.45) is 0 Å². The number of hydrogen-bond donors (Lipinski definition) is 2. The summed E-state index contributed by atoms with van der Waals surface area (Å²) in [6.07, 6.45) is -4.97. The summed E-state index contributed by atoms with van der Waals surface area (Å²) in [5.74, 6) is -2.51. The summed E-state index contributed by atoms with van der Waals surface area (Å²) < 4.78 is 36.0. The van der Waals surface area contributed by atoms with E-state index < -0.39 is 17.8 Å². The number of hydrogen-bond acceptors (Lipinski definition) is 2. The highest BCUT2D eigenvalue weighted by atomic mass is 127. The second-order valence-electron chi connectivity index (χ2n) is 2.59. The molecule has 0 aliphatic rings. The molecule has 0 aromatic heterocycles. The van der Waals surface area contributed by atoms with E-state index >= 15 is 0 Å². The standard InChI is InChI=1S/C8H5F3INO2/c9-8(10,11)7(15)13-6-4(12)2-1-3-5(6)14/h1-3,14H,(H,13,15). The fourth-order valence-electron chi connectivity index (χ4n) is 0.821. The summed E-state index contributed by atoms with van der Waals surface area (Å²) in [5, 5.41) is 10.8. The zero-order valence-corrected chi connectivity index (χ0v) is 9.26. The number of carbonyl (C=O) groups is 1. The molecule has 0 aliphatic heterocycles. The Kier molecular flexibility index (Phi) is 3.42. The molecular formula is C8H5F3INO2. The number of amides is 1. The van der Waals surface area contributed by atoms with Crippen LogP contribution in [0.1, 0.15) is 0 Å². The third-order valence-electron chi connectivity index (χ3n) is 1.49. The SMILES string of the molecule is O=C(Nc1c(O)cccc1I)C(F)(F)F. The average Bonchev–Trinajstić information content (AvgIpc) is 2.09. The van der Waals surface area contributed by atoms with Crippen LogP contribution in [0.15, 0.2) is 18.2 Å². The second-order valence-corrected chi connectivity index (χ2v) is 3.75. The molecule has 0 heterocycles. The number of halogens is 4. The maximum absolute atomic E-state index is 11.9. The van der Waals surface area contributed by atoms with E-state index in [0.29, 0.717) is 3.57 Å². The highest BCUT2D eigenvalue weighted by Crippen LogP contribution is 2.29. The third-order valence-corrected chi connectivity index (χ3v) is 2.39. The number of carbonyl (C=O) groups excluding carboxylic acids is 1. The van der Waals surface area contributed by atoms with Crippen LogP contribution >= 0.6 is 22.6 Å². The molecule has 2 N–H and O–H groups in total. The van der Waals surface area contributed by atoms with Gasteiger partial charge in [-0.05, 0) is 34.7 Å². The van der Waals surface area contributed by atoms with Crippen molar-refractivity contribution in [3.05, 3.63) is 21.8 Å². The van der Waals surface area contributed by atoms with Crippen LogP contribution < -0.4 is 5.32 Å². The van der Waals surface area contributed by atoms with Crippen molar-refractivity contribution in [3.63, 3.8) is 0 Å². The first-order valence-electron chi connectivity index (χ1n) is 3.68. The zero-order chi connectivity index (χ0) is 11.6. The maximum atomic E-state index is 11.9. The molecule has 82 valence electrons. The monoisotopic (exact) mass is 331 g/mol. The second kappa shape index (κ2) is 4.25. The summed E-state index contributed by atoms with van der Waals surface area (Å²) in [6.45, 7) is 0. The van der Waals surface area contributed by atoms with Crippen molar-refractivity contribution in [1.29, 1.82) is 0 Å². The molecule has 15 heavy (non-hydrogen) atoms. The summed E-state index contributed by atoms with van der Waals surface area (Å²) in [5.41, 5.74) is -0.236. The zero-order valence-electron chi connectivity index (χ0n) is 7.10. The number of alkyl halides is 3. The average molecular weight is 331 g/mol. The fraction of sp³-hybridized carbons (Fsp3) is 0.125. The van der Waals surface area contributed by atoms with Crippen LogP contribution in [0.3, 0.4) is 0 Å². The van der Waals surface area contributed by atoms with E-state index in [1.165, 1.54) is 18.2 Å². The molecule has 1 amide bonds. The topological polar surface area (TPSA) is 49.3 Å². The van der Waals surface area contributed by atoms with Gasteiger partial charge in [-0.3, -0.25) is 4.79 Å². The van der Waals surface area contributed by atoms with Crippen molar-refractivity contribution in [1.82, 2.24) is 0 Å². The van der Waals surface area contributed by atoms with Crippen molar-refractivity contribution >= 4 is 34.2 Å². The number of anilines is 1. The molecule has 0 bridgehead atoms. The van der Waals surface area contributed by atoms with Crippen LogP contribution in [-0.2, 0) is 4.79 Å². The molecule has 0 aliphatic carbocycles. The molecule has 0 saturated heterocycles. The first kappa shape index (κ1) is 12.1. The Hall–Kier alpha value is -0.990. The molecule has 3 nitrogen and oxygen atoms in total. The van der Waals surface area contributed by atoms with Crippen LogP contribution in [0.4, 0.5) is 18.9 Å². The van der Waals surface area contributed by atoms with Gasteiger partial charge >= 0.3 is 12.1 Å². The van der Waals surface area contributed by atoms with Crippen LogP contribution in [-0.4, -0.2) is 17.2 Å². The van der Waals surface area contributed by atoms with E-state index in [-0.39, 0.29) is 5.69 Å². The van der Waals surface area contributed by atoms with Gasteiger partial charge < -0.3 is 10.4 Å². The lowest BCUT2D eigenvalue weighted by molar-refractivity contribution is -0.167. The predicted octanol–water partition coefficient (Wildman–Crippen LogP) is 2.50. The number of para-hydroxylation sites is 1. The minimum atomic E-state index is -4.97. The lowest BCUT2D eigenvalue weighted by Crippen LogP contribution is -2.30. The Labute approximate surface area is 96.4 Å². The Morgan fingerprint density at radius 1 is 1.40 bits per heavy atom. The first-order chi connectivity index (χ1) is 6.82.